The van der Waals surface area contributed by atoms with Gasteiger partial charge in [-0.1, -0.05) is 18.2 Å². The second-order valence-corrected chi connectivity index (χ2v) is 7.25. The number of anilines is 1. The van der Waals surface area contributed by atoms with Crippen molar-refractivity contribution in [3.8, 4) is 0 Å². The van der Waals surface area contributed by atoms with Crippen molar-refractivity contribution in [2.24, 2.45) is 0 Å². The van der Waals surface area contributed by atoms with E-state index in [-0.39, 0.29) is 0 Å². The molecule has 128 valence electrons. The average Bonchev–Trinajstić information content (AvgIpc) is 2.47. The van der Waals surface area contributed by atoms with Gasteiger partial charge in [-0.2, -0.15) is 8.42 Å². The van der Waals surface area contributed by atoms with Gasteiger partial charge >= 0.3 is 10.1 Å². The molecule has 0 bridgehead atoms. The summed E-state index contributed by atoms with van der Waals surface area (Å²) < 4.78 is 28.3. The SMILES string of the molecule is Cc1cc(C=Cc2ccc(N(C)C)cc2)n(OS(C)(=O)=O)c(=O)c1. The van der Waals surface area contributed by atoms with E-state index in [1.807, 2.05) is 43.3 Å². The highest BCUT2D eigenvalue weighted by atomic mass is 32.2. The van der Waals surface area contributed by atoms with Crippen LogP contribution in [0.1, 0.15) is 16.8 Å². The Morgan fingerprint density at radius 2 is 1.71 bits per heavy atom. The summed E-state index contributed by atoms with van der Waals surface area (Å²) in [5.74, 6) is 0. The van der Waals surface area contributed by atoms with Gasteiger partial charge in [-0.3, -0.25) is 9.08 Å². The van der Waals surface area contributed by atoms with E-state index in [1.54, 1.807) is 25.1 Å². The maximum atomic E-state index is 12.0. The number of pyridine rings is 1. The largest absolute Gasteiger partial charge is 0.378 e. The molecule has 2 rings (SSSR count). The van der Waals surface area contributed by atoms with Gasteiger partial charge in [-0.05, 0) is 42.3 Å². The predicted octanol–water partition coefficient (Wildman–Crippen LogP) is 1.78. The number of aromatic nitrogens is 1. The van der Waals surface area contributed by atoms with E-state index in [0.29, 0.717) is 5.69 Å². The summed E-state index contributed by atoms with van der Waals surface area (Å²) in [5.41, 5.74) is 2.52. The molecule has 2 aromatic rings. The molecule has 1 heterocycles. The maximum Gasteiger partial charge on any atom is 0.324 e. The topological polar surface area (TPSA) is 68.6 Å². The van der Waals surface area contributed by atoms with Gasteiger partial charge in [0.25, 0.3) is 5.56 Å². The second kappa shape index (κ2) is 6.92. The van der Waals surface area contributed by atoms with Crippen molar-refractivity contribution in [1.82, 2.24) is 4.73 Å². The molecule has 0 unspecified atom stereocenters. The van der Waals surface area contributed by atoms with Crippen molar-refractivity contribution in [3.05, 3.63) is 63.6 Å². The number of aryl methyl sites for hydroxylation is 1. The number of hydrogen-bond acceptors (Lipinski definition) is 5. The van der Waals surface area contributed by atoms with Crippen molar-refractivity contribution < 1.29 is 12.7 Å². The van der Waals surface area contributed by atoms with Gasteiger partial charge in [-0.25, -0.2) is 0 Å². The Morgan fingerprint density at radius 1 is 1.08 bits per heavy atom. The molecular weight excluding hydrogens is 328 g/mol. The fourth-order valence-electron chi connectivity index (χ4n) is 2.11. The molecule has 0 amide bonds. The summed E-state index contributed by atoms with van der Waals surface area (Å²) in [4.78, 5) is 14.0. The first-order chi connectivity index (χ1) is 11.2. The summed E-state index contributed by atoms with van der Waals surface area (Å²) >= 11 is 0. The minimum absolute atomic E-state index is 0.349. The van der Waals surface area contributed by atoms with Crippen molar-refractivity contribution in [3.63, 3.8) is 0 Å². The van der Waals surface area contributed by atoms with Gasteiger partial charge in [0.1, 0.15) is 0 Å². The summed E-state index contributed by atoms with van der Waals surface area (Å²) in [6, 6.07) is 10.8. The van der Waals surface area contributed by atoms with Crippen LogP contribution in [0.4, 0.5) is 5.69 Å². The fraction of sp³-hybridized carbons (Fsp3) is 0.235. The lowest BCUT2D eigenvalue weighted by Gasteiger charge is -2.12. The van der Waals surface area contributed by atoms with E-state index in [1.165, 1.54) is 6.07 Å². The minimum atomic E-state index is -3.81. The second-order valence-electron chi connectivity index (χ2n) is 5.69. The highest BCUT2D eigenvalue weighted by molar-refractivity contribution is 7.86. The third kappa shape index (κ3) is 4.73. The molecule has 1 aromatic carbocycles. The predicted molar refractivity (Wildman–Crippen MR) is 96.6 cm³/mol. The average molecular weight is 348 g/mol. The van der Waals surface area contributed by atoms with E-state index in [4.69, 9.17) is 4.28 Å². The lowest BCUT2D eigenvalue weighted by Crippen LogP contribution is -2.31. The zero-order chi connectivity index (χ0) is 17.9. The van der Waals surface area contributed by atoms with Crippen LogP contribution in [-0.4, -0.2) is 33.5 Å². The van der Waals surface area contributed by atoms with E-state index in [0.717, 1.165) is 27.8 Å². The maximum absolute atomic E-state index is 12.0. The monoisotopic (exact) mass is 348 g/mol. The van der Waals surface area contributed by atoms with Crippen molar-refractivity contribution in [1.29, 1.82) is 0 Å². The van der Waals surface area contributed by atoms with Crippen LogP contribution in [0.25, 0.3) is 12.2 Å². The Labute approximate surface area is 141 Å². The molecular formula is C17H20N2O4S. The van der Waals surface area contributed by atoms with Gasteiger partial charge in [0, 0.05) is 25.8 Å². The number of hydrogen-bond donors (Lipinski definition) is 0. The van der Waals surface area contributed by atoms with Gasteiger partial charge in [-0.15, -0.1) is 4.73 Å². The fourth-order valence-corrected chi connectivity index (χ4v) is 2.54. The first-order valence-electron chi connectivity index (χ1n) is 7.25. The molecule has 0 saturated carbocycles. The number of nitrogens with zero attached hydrogens (tertiary/aromatic N) is 2. The zero-order valence-corrected chi connectivity index (χ0v) is 14.9. The number of benzene rings is 1. The summed E-state index contributed by atoms with van der Waals surface area (Å²) in [5, 5.41) is 0. The van der Waals surface area contributed by atoms with E-state index in [9.17, 15) is 13.2 Å². The van der Waals surface area contributed by atoms with Crippen LogP contribution in [0.2, 0.25) is 0 Å². The minimum Gasteiger partial charge on any atom is -0.378 e. The summed E-state index contributed by atoms with van der Waals surface area (Å²) in [6.07, 6.45) is 4.33. The first kappa shape index (κ1) is 17.8. The molecule has 0 N–H and O–H groups in total. The zero-order valence-electron chi connectivity index (χ0n) is 14.1. The van der Waals surface area contributed by atoms with Crippen LogP contribution >= 0.6 is 0 Å². The Kier molecular flexibility index (Phi) is 5.14. The molecule has 0 aliphatic carbocycles. The van der Waals surface area contributed by atoms with E-state index < -0.39 is 15.7 Å². The first-order valence-corrected chi connectivity index (χ1v) is 9.06. The molecule has 0 atom stereocenters. The van der Waals surface area contributed by atoms with Crippen LogP contribution in [0.3, 0.4) is 0 Å². The van der Waals surface area contributed by atoms with Gasteiger partial charge < -0.3 is 4.90 Å². The lowest BCUT2D eigenvalue weighted by atomic mass is 10.1. The Hall–Kier alpha value is -2.54. The normalized spacial score (nSPS) is 11.7. The van der Waals surface area contributed by atoms with Gasteiger partial charge in [0.05, 0.1) is 11.9 Å². The van der Waals surface area contributed by atoms with Crippen LogP contribution < -0.4 is 14.7 Å². The molecule has 24 heavy (non-hydrogen) atoms. The van der Waals surface area contributed by atoms with E-state index in [2.05, 4.69) is 0 Å². The molecule has 0 radical (unpaired) electrons. The van der Waals surface area contributed by atoms with Gasteiger partial charge in [0.15, 0.2) is 0 Å². The quantitative estimate of drug-likeness (QED) is 0.824. The number of rotatable bonds is 5. The molecule has 7 heteroatoms. The van der Waals surface area contributed by atoms with Crippen molar-refractivity contribution in [2.45, 2.75) is 6.92 Å². The molecule has 0 saturated heterocycles. The molecule has 0 aliphatic rings. The third-order valence-electron chi connectivity index (χ3n) is 3.23. The molecule has 0 aliphatic heterocycles. The Bertz CT molecular complexity index is 911. The molecule has 0 spiro atoms. The lowest BCUT2D eigenvalue weighted by molar-refractivity contribution is 0.267. The Morgan fingerprint density at radius 3 is 2.25 bits per heavy atom. The highest BCUT2D eigenvalue weighted by Gasteiger charge is 2.10. The van der Waals surface area contributed by atoms with Gasteiger partial charge in [0.2, 0.25) is 0 Å². The molecule has 0 fully saturated rings. The Balaban J connectivity index is 2.39. The van der Waals surface area contributed by atoms with Crippen LogP contribution in [0.15, 0.2) is 41.2 Å². The van der Waals surface area contributed by atoms with Crippen molar-refractivity contribution in [2.75, 3.05) is 25.3 Å². The third-order valence-corrected chi connectivity index (χ3v) is 3.65. The van der Waals surface area contributed by atoms with Crippen LogP contribution in [-0.2, 0) is 10.1 Å². The van der Waals surface area contributed by atoms with E-state index >= 15 is 0 Å². The highest BCUT2D eigenvalue weighted by Crippen LogP contribution is 2.14. The van der Waals surface area contributed by atoms with Crippen LogP contribution in [0.5, 0.6) is 0 Å². The summed E-state index contributed by atoms with van der Waals surface area (Å²) in [6.45, 7) is 1.76. The van der Waals surface area contributed by atoms with Crippen LogP contribution in [0, 0.1) is 6.92 Å². The standard InChI is InChI=1S/C17H20N2O4S/c1-13-11-16(19(17(20)12-13)23-24(4,21)22)10-7-14-5-8-15(9-6-14)18(2)3/h5-12H,1-4H3. The smallest absolute Gasteiger partial charge is 0.324 e. The molecule has 1 aromatic heterocycles. The van der Waals surface area contributed by atoms with Crippen molar-refractivity contribution >= 4 is 28.0 Å². The molecule has 6 nitrogen and oxygen atoms in total. The summed E-state index contributed by atoms with van der Waals surface area (Å²) in [7, 11) is 0.105.